The monoisotopic (exact) mass is 288 g/mol. The molecule has 2 heteroatoms. The van der Waals surface area contributed by atoms with Crippen LogP contribution in [0.15, 0.2) is 48.5 Å². The molecular formula is C15H13BrO. The fourth-order valence-electron chi connectivity index (χ4n) is 2.18. The van der Waals surface area contributed by atoms with E-state index < -0.39 is 0 Å². The number of fused-ring (bicyclic) bond motifs is 1. The zero-order valence-corrected chi connectivity index (χ0v) is 11.0. The zero-order valence-electron chi connectivity index (χ0n) is 9.40. The Balaban J connectivity index is 1.94. The number of ether oxygens (including phenoxy) is 1. The average Bonchev–Trinajstić information content (AvgIpc) is 2.86. The molecular weight excluding hydrogens is 276 g/mol. The molecule has 17 heavy (non-hydrogen) atoms. The Morgan fingerprint density at radius 1 is 1.00 bits per heavy atom. The van der Waals surface area contributed by atoms with E-state index in [0.29, 0.717) is 0 Å². The molecule has 0 N–H and O–H groups in total. The van der Waals surface area contributed by atoms with E-state index in [4.69, 9.17) is 4.74 Å². The molecule has 1 aliphatic heterocycles. The van der Waals surface area contributed by atoms with E-state index >= 15 is 0 Å². The largest absolute Gasteiger partial charge is 0.493 e. The van der Waals surface area contributed by atoms with Crippen LogP contribution in [0.3, 0.4) is 0 Å². The second kappa shape index (κ2) is 4.53. The molecule has 2 aromatic rings. The van der Waals surface area contributed by atoms with E-state index in [0.717, 1.165) is 18.8 Å². The van der Waals surface area contributed by atoms with Gasteiger partial charge in [0.1, 0.15) is 5.75 Å². The molecule has 0 aliphatic carbocycles. The molecule has 1 heterocycles. The van der Waals surface area contributed by atoms with Gasteiger partial charge in [0.2, 0.25) is 0 Å². The molecule has 0 saturated heterocycles. The van der Waals surface area contributed by atoms with Gasteiger partial charge in [-0.3, -0.25) is 0 Å². The van der Waals surface area contributed by atoms with Crippen molar-refractivity contribution in [2.75, 3.05) is 6.61 Å². The Kier molecular flexibility index (Phi) is 2.89. The molecule has 1 unspecified atom stereocenters. The van der Waals surface area contributed by atoms with Crippen molar-refractivity contribution in [2.24, 2.45) is 0 Å². The molecule has 1 nitrogen and oxygen atoms in total. The van der Waals surface area contributed by atoms with Gasteiger partial charge < -0.3 is 4.74 Å². The maximum atomic E-state index is 5.52. The number of hydrogen-bond donors (Lipinski definition) is 0. The summed E-state index contributed by atoms with van der Waals surface area (Å²) in [6.07, 6.45) is 1.03. The minimum atomic E-state index is 0.259. The van der Waals surface area contributed by atoms with Crippen LogP contribution in [-0.4, -0.2) is 6.61 Å². The van der Waals surface area contributed by atoms with Crippen LogP contribution < -0.4 is 4.74 Å². The molecule has 0 saturated carbocycles. The predicted octanol–water partition coefficient (Wildman–Crippen LogP) is 4.11. The molecule has 0 amide bonds. The van der Waals surface area contributed by atoms with E-state index in [1.165, 1.54) is 16.7 Å². The standard InChI is InChI=1S/C15H13BrO/c16-15(11-4-2-1-3-5-11)13-6-7-14-12(10-13)8-9-17-14/h1-7,10,15H,8-9H2. The van der Waals surface area contributed by atoms with E-state index in [1.54, 1.807) is 0 Å². The Morgan fingerprint density at radius 3 is 2.65 bits per heavy atom. The lowest BCUT2D eigenvalue weighted by molar-refractivity contribution is 0.357. The van der Waals surface area contributed by atoms with Crippen molar-refractivity contribution >= 4 is 15.9 Å². The molecule has 0 fully saturated rings. The van der Waals surface area contributed by atoms with E-state index in [2.05, 4.69) is 58.4 Å². The van der Waals surface area contributed by atoms with Crippen molar-refractivity contribution in [3.63, 3.8) is 0 Å². The van der Waals surface area contributed by atoms with Crippen molar-refractivity contribution in [2.45, 2.75) is 11.2 Å². The van der Waals surface area contributed by atoms with Crippen LogP contribution >= 0.6 is 15.9 Å². The summed E-state index contributed by atoms with van der Waals surface area (Å²) in [5, 5.41) is 0. The van der Waals surface area contributed by atoms with Crippen molar-refractivity contribution in [1.29, 1.82) is 0 Å². The summed E-state index contributed by atoms with van der Waals surface area (Å²) in [7, 11) is 0. The van der Waals surface area contributed by atoms with Gasteiger partial charge in [-0.1, -0.05) is 58.4 Å². The van der Waals surface area contributed by atoms with Crippen LogP contribution in [0.2, 0.25) is 0 Å². The van der Waals surface area contributed by atoms with Crippen LogP contribution in [0.4, 0.5) is 0 Å². The number of hydrogen-bond acceptors (Lipinski definition) is 1. The number of halogens is 1. The Bertz CT molecular complexity index is 522. The third-order valence-corrected chi connectivity index (χ3v) is 4.16. The molecule has 1 atom stereocenters. The smallest absolute Gasteiger partial charge is 0.122 e. The minimum absolute atomic E-state index is 0.259. The summed E-state index contributed by atoms with van der Waals surface area (Å²) in [5.74, 6) is 1.04. The molecule has 86 valence electrons. The van der Waals surface area contributed by atoms with Crippen molar-refractivity contribution in [3.8, 4) is 5.75 Å². The van der Waals surface area contributed by atoms with Crippen LogP contribution in [0, 0.1) is 0 Å². The van der Waals surface area contributed by atoms with E-state index in [9.17, 15) is 0 Å². The molecule has 0 radical (unpaired) electrons. The fraction of sp³-hybridized carbons (Fsp3) is 0.200. The van der Waals surface area contributed by atoms with Gasteiger partial charge in [-0.25, -0.2) is 0 Å². The third kappa shape index (κ3) is 2.09. The molecule has 0 aromatic heterocycles. The maximum absolute atomic E-state index is 5.52. The van der Waals surface area contributed by atoms with Crippen molar-refractivity contribution in [1.82, 2.24) is 0 Å². The average molecular weight is 289 g/mol. The van der Waals surface area contributed by atoms with E-state index in [-0.39, 0.29) is 4.83 Å². The highest BCUT2D eigenvalue weighted by atomic mass is 79.9. The summed E-state index contributed by atoms with van der Waals surface area (Å²) >= 11 is 3.76. The molecule has 0 bridgehead atoms. The summed E-state index contributed by atoms with van der Waals surface area (Å²) in [6, 6.07) is 16.9. The SMILES string of the molecule is BrC(c1ccccc1)c1ccc2c(c1)CCO2. The minimum Gasteiger partial charge on any atom is -0.493 e. The van der Waals surface area contributed by atoms with Gasteiger partial charge in [0.25, 0.3) is 0 Å². The van der Waals surface area contributed by atoms with Crippen LogP contribution in [0.25, 0.3) is 0 Å². The summed E-state index contributed by atoms with van der Waals surface area (Å²) in [4.78, 5) is 0.259. The summed E-state index contributed by atoms with van der Waals surface area (Å²) < 4.78 is 5.52. The first-order valence-corrected chi connectivity index (χ1v) is 6.71. The highest BCUT2D eigenvalue weighted by Crippen LogP contribution is 2.34. The number of alkyl halides is 1. The second-order valence-electron chi connectivity index (χ2n) is 4.24. The molecule has 1 aliphatic rings. The quantitative estimate of drug-likeness (QED) is 0.756. The fourth-order valence-corrected chi connectivity index (χ4v) is 2.77. The van der Waals surface area contributed by atoms with Crippen LogP contribution in [0.5, 0.6) is 5.75 Å². The normalized spacial score (nSPS) is 15.1. The summed E-state index contributed by atoms with van der Waals surface area (Å²) in [6.45, 7) is 0.817. The lowest BCUT2D eigenvalue weighted by atomic mass is 10.0. The van der Waals surface area contributed by atoms with Crippen LogP contribution in [0.1, 0.15) is 21.5 Å². The van der Waals surface area contributed by atoms with Gasteiger partial charge in [-0.05, 0) is 22.8 Å². The third-order valence-electron chi connectivity index (χ3n) is 3.10. The van der Waals surface area contributed by atoms with Gasteiger partial charge in [0, 0.05) is 6.42 Å². The van der Waals surface area contributed by atoms with Gasteiger partial charge in [-0.2, -0.15) is 0 Å². The first-order chi connectivity index (χ1) is 8.34. The van der Waals surface area contributed by atoms with Crippen molar-refractivity contribution in [3.05, 3.63) is 65.2 Å². The van der Waals surface area contributed by atoms with Gasteiger partial charge >= 0.3 is 0 Å². The zero-order chi connectivity index (χ0) is 11.7. The van der Waals surface area contributed by atoms with E-state index in [1.807, 2.05) is 6.07 Å². The lowest BCUT2D eigenvalue weighted by Gasteiger charge is -2.11. The molecule has 3 rings (SSSR count). The molecule has 0 spiro atoms. The maximum Gasteiger partial charge on any atom is 0.122 e. The summed E-state index contributed by atoms with van der Waals surface area (Å²) in [5.41, 5.74) is 3.90. The number of rotatable bonds is 2. The molecule has 2 aromatic carbocycles. The van der Waals surface area contributed by atoms with Crippen molar-refractivity contribution < 1.29 is 4.74 Å². The highest BCUT2D eigenvalue weighted by Gasteiger charge is 2.16. The topological polar surface area (TPSA) is 9.23 Å². The Morgan fingerprint density at radius 2 is 1.82 bits per heavy atom. The highest BCUT2D eigenvalue weighted by molar-refractivity contribution is 9.09. The number of benzene rings is 2. The van der Waals surface area contributed by atoms with Gasteiger partial charge in [0.15, 0.2) is 0 Å². The Hall–Kier alpha value is -1.28. The first kappa shape index (κ1) is 10.8. The van der Waals surface area contributed by atoms with Gasteiger partial charge in [-0.15, -0.1) is 0 Å². The lowest BCUT2D eigenvalue weighted by Crippen LogP contribution is -1.93. The van der Waals surface area contributed by atoms with Gasteiger partial charge in [0.05, 0.1) is 11.4 Å². The Labute approximate surface area is 110 Å². The first-order valence-electron chi connectivity index (χ1n) is 5.79. The van der Waals surface area contributed by atoms with Crippen LogP contribution in [-0.2, 0) is 6.42 Å². The predicted molar refractivity (Wildman–Crippen MR) is 72.9 cm³/mol. The second-order valence-corrected chi connectivity index (χ2v) is 5.15.